The molecule has 0 radical (unpaired) electrons. The van der Waals surface area contributed by atoms with Crippen molar-refractivity contribution in [2.45, 2.75) is 57.8 Å². The van der Waals surface area contributed by atoms with Crippen LogP contribution in [0.2, 0.25) is 0 Å². The van der Waals surface area contributed by atoms with Gasteiger partial charge in [0.1, 0.15) is 29.8 Å². The number of rotatable bonds is 6. The summed E-state index contributed by atoms with van der Waals surface area (Å²) in [5.41, 5.74) is 2.60. The zero-order valence-electron chi connectivity index (χ0n) is 20.6. The van der Waals surface area contributed by atoms with Crippen LogP contribution in [-0.4, -0.2) is 32.0 Å². The highest BCUT2D eigenvalue weighted by atomic mass is 16.5. The standard InChI is InChI=1S/C26H31N7O3/c1-26(2,3)21-12-23(31-24(14-34)30-21)32-25(35)29-19-9-10-20(18-7-5-4-6-17(18)19)36-16-8-11-22(28)33(13-16)15-27/h4-8,11-13,15,19-20,27-28,34H,9-10,14H2,1-3H3,(H2,29,30,31,32,35). The first-order chi connectivity index (χ1) is 17.2. The van der Waals surface area contributed by atoms with Crippen LogP contribution in [0.25, 0.3) is 0 Å². The fraction of sp³-hybridized carbons (Fsp3) is 0.346. The molecule has 3 aromatic rings. The third-order valence-corrected chi connectivity index (χ3v) is 6.03. The Labute approximate surface area is 209 Å². The zero-order chi connectivity index (χ0) is 25.9. The van der Waals surface area contributed by atoms with Crippen LogP contribution in [0.3, 0.4) is 0 Å². The normalized spacial score (nSPS) is 17.1. The van der Waals surface area contributed by atoms with Crippen molar-refractivity contribution in [3.05, 3.63) is 76.8 Å². The van der Waals surface area contributed by atoms with Gasteiger partial charge in [0.05, 0.1) is 24.3 Å². The molecule has 2 unspecified atom stereocenters. The van der Waals surface area contributed by atoms with E-state index in [1.54, 1.807) is 24.4 Å². The summed E-state index contributed by atoms with van der Waals surface area (Å²) in [6.45, 7) is 5.69. The number of nitrogens with one attached hydrogen (secondary N) is 4. The number of hydrogen-bond acceptors (Lipinski definition) is 7. The summed E-state index contributed by atoms with van der Waals surface area (Å²) in [6.07, 6.45) is 3.79. The van der Waals surface area contributed by atoms with Gasteiger partial charge >= 0.3 is 6.03 Å². The smallest absolute Gasteiger partial charge is 0.320 e. The predicted octanol–water partition coefficient (Wildman–Crippen LogP) is 3.78. The van der Waals surface area contributed by atoms with Crippen molar-refractivity contribution in [1.82, 2.24) is 19.9 Å². The van der Waals surface area contributed by atoms with Crippen LogP contribution in [0, 0.1) is 10.8 Å². The van der Waals surface area contributed by atoms with Gasteiger partial charge in [0.25, 0.3) is 0 Å². The second-order valence-electron chi connectivity index (χ2n) is 9.71. The molecule has 2 heterocycles. The molecule has 2 aromatic heterocycles. The summed E-state index contributed by atoms with van der Waals surface area (Å²) in [4.78, 5) is 21.5. The molecular formula is C26H31N7O3. The summed E-state index contributed by atoms with van der Waals surface area (Å²) >= 11 is 0. The van der Waals surface area contributed by atoms with Gasteiger partial charge in [-0.15, -0.1) is 0 Å². The monoisotopic (exact) mass is 489 g/mol. The second-order valence-corrected chi connectivity index (χ2v) is 9.71. The number of aliphatic hydroxyl groups is 1. The predicted molar refractivity (Wildman–Crippen MR) is 135 cm³/mol. The van der Waals surface area contributed by atoms with Gasteiger partial charge in [-0.3, -0.25) is 20.7 Å². The summed E-state index contributed by atoms with van der Waals surface area (Å²) in [5, 5.41) is 30.7. The Bertz CT molecular complexity index is 1330. The highest BCUT2D eigenvalue weighted by Gasteiger charge is 2.29. The van der Waals surface area contributed by atoms with E-state index in [4.69, 9.17) is 15.6 Å². The van der Waals surface area contributed by atoms with E-state index >= 15 is 0 Å². The van der Waals surface area contributed by atoms with Crippen molar-refractivity contribution in [2.75, 3.05) is 5.32 Å². The minimum atomic E-state index is -0.394. The van der Waals surface area contributed by atoms with Gasteiger partial charge < -0.3 is 15.2 Å². The lowest BCUT2D eigenvalue weighted by Gasteiger charge is -2.32. The van der Waals surface area contributed by atoms with Gasteiger partial charge in [-0.1, -0.05) is 45.0 Å². The van der Waals surface area contributed by atoms with Crippen molar-refractivity contribution in [3.63, 3.8) is 0 Å². The minimum absolute atomic E-state index is 0.195. The zero-order valence-corrected chi connectivity index (χ0v) is 20.6. The Hall–Kier alpha value is -4.05. The molecule has 36 heavy (non-hydrogen) atoms. The summed E-state index contributed by atoms with van der Waals surface area (Å²) < 4.78 is 7.60. The number of hydrogen-bond donors (Lipinski definition) is 5. The van der Waals surface area contributed by atoms with Crippen molar-refractivity contribution in [2.24, 2.45) is 0 Å². The molecule has 1 aliphatic carbocycles. The largest absolute Gasteiger partial charge is 0.484 e. The van der Waals surface area contributed by atoms with E-state index in [2.05, 4.69) is 20.6 Å². The molecule has 0 bridgehead atoms. The second kappa shape index (κ2) is 10.3. The highest BCUT2D eigenvalue weighted by molar-refractivity contribution is 5.88. The third kappa shape index (κ3) is 5.60. The number of aliphatic hydroxyl groups excluding tert-OH is 1. The molecule has 188 valence electrons. The Balaban J connectivity index is 1.50. The maximum atomic E-state index is 12.9. The fourth-order valence-electron chi connectivity index (χ4n) is 4.19. The molecule has 0 saturated heterocycles. The molecule has 5 N–H and O–H groups in total. The molecule has 1 aromatic carbocycles. The molecule has 0 aliphatic heterocycles. The van der Waals surface area contributed by atoms with Crippen LogP contribution >= 0.6 is 0 Å². The summed E-state index contributed by atoms with van der Waals surface area (Å²) in [5.74, 6) is 1.15. The molecule has 0 fully saturated rings. The lowest BCUT2D eigenvalue weighted by molar-refractivity contribution is 0.171. The molecule has 10 nitrogen and oxygen atoms in total. The molecule has 0 spiro atoms. The van der Waals surface area contributed by atoms with Crippen molar-refractivity contribution in [3.8, 4) is 5.75 Å². The number of pyridine rings is 1. The summed E-state index contributed by atoms with van der Waals surface area (Å²) in [7, 11) is 0. The first-order valence-corrected chi connectivity index (χ1v) is 11.8. The van der Waals surface area contributed by atoms with E-state index in [-0.39, 0.29) is 35.5 Å². The Kier molecular flexibility index (Phi) is 7.16. The van der Waals surface area contributed by atoms with Gasteiger partial charge in [0.15, 0.2) is 5.82 Å². The van der Waals surface area contributed by atoms with E-state index in [1.165, 1.54) is 4.57 Å². The lowest BCUT2D eigenvalue weighted by atomic mass is 9.85. The van der Waals surface area contributed by atoms with Gasteiger partial charge in [-0.2, -0.15) is 0 Å². The molecule has 2 atom stereocenters. The van der Waals surface area contributed by atoms with Crippen molar-refractivity contribution in [1.29, 1.82) is 10.8 Å². The number of nitrogens with zero attached hydrogens (tertiary/aromatic N) is 3. The van der Waals surface area contributed by atoms with E-state index in [9.17, 15) is 9.90 Å². The molecule has 2 amide bonds. The molecular weight excluding hydrogens is 458 g/mol. The lowest BCUT2D eigenvalue weighted by Crippen LogP contribution is -2.36. The third-order valence-electron chi connectivity index (χ3n) is 6.03. The molecule has 4 rings (SSSR count). The SMILES string of the molecule is CC(C)(C)c1cc(NC(=O)NC2CCC(Oc3ccc(=N)n(C=N)c3)c3ccccc32)nc(CO)n1. The van der Waals surface area contributed by atoms with Crippen LogP contribution in [-0.2, 0) is 12.0 Å². The molecule has 10 heteroatoms. The average molecular weight is 490 g/mol. The maximum Gasteiger partial charge on any atom is 0.320 e. The van der Waals surface area contributed by atoms with Crippen molar-refractivity contribution < 1.29 is 14.6 Å². The Morgan fingerprint density at radius 2 is 1.94 bits per heavy atom. The van der Waals surface area contributed by atoms with Gasteiger partial charge in [0, 0.05) is 11.5 Å². The quantitative estimate of drug-likeness (QED) is 0.264. The molecule has 0 saturated carbocycles. The maximum absolute atomic E-state index is 12.9. The number of ether oxygens (including phenoxy) is 1. The summed E-state index contributed by atoms with van der Waals surface area (Å²) in [6, 6.07) is 12.3. The van der Waals surface area contributed by atoms with Crippen molar-refractivity contribution >= 4 is 18.2 Å². The van der Waals surface area contributed by atoms with Crippen LogP contribution in [0.15, 0.2) is 48.7 Å². The van der Waals surface area contributed by atoms with Crippen LogP contribution in [0.4, 0.5) is 10.6 Å². The van der Waals surface area contributed by atoms with E-state index in [0.29, 0.717) is 24.4 Å². The number of amides is 2. The minimum Gasteiger partial charge on any atom is -0.484 e. The van der Waals surface area contributed by atoms with Gasteiger partial charge in [-0.25, -0.2) is 14.8 Å². The van der Waals surface area contributed by atoms with Gasteiger partial charge in [0.2, 0.25) is 0 Å². The van der Waals surface area contributed by atoms with E-state index < -0.39 is 6.03 Å². The Morgan fingerprint density at radius 3 is 2.64 bits per heavy atom. The number of carbonyl (C=O) groups excluding carboxylic acids is 1. The number of urea groups is 1. The number of carbonyl (C=O) groups is 1. The first-order valence-electron chi connectivity index (χ1n) is 11.8. The topological polar surface area (TPSA) is 149 Å². The van der Waals surface area contributed by atoms with Crippen LogP contribution in [0.5, 0.6) is 5.75 Å². The first kappa shape index (κ1) is 25.1. The number of benzene rings is 1. The van der Waals surface area contributed by atoms with Crippen LogP contribution < -0.4 is 20.9 Å². The average Bonchev–Trinajstić information content (AvgIpc) is 2.85. The van der Waals surface area contributed by atoms with Gasteiger partial charge in [-0.05, 0) is 36.1 Å². The fourth-order valence-corrected chi connectivity index (χ4v) is 4.19. The van der Waals surface area contributed by atoms with E-state index in [0.717, 1.165) is 23.2 Å². The van der Waals surface area contributed by atoms with Crippen LogP contribution in [0.1, 0.15) is 68.4 Å². The Morgan fingerprint density at radius 1 is 1.19 bits per heavy atom. The number of anilines is 1. The van der Waals surface area contributed by atoms with E-state index in [1.807, 2.05) is 45.0 Å². The highest BCUT2D eigenvalue weighted by Crippen LogP contribution is 2.38. The molecule has 1 aliphatic rings. The number of fused-ring (bicyclic) bond motifs is 1. The number of aromatic nitrogens is 3.